The molecule has 0 unspecified atom stereocenters. The third-order valence-corrected chi connectivity index (χ3v) is 4.63. The second kappa shape index (κ2) is 11.9. The Kier molecular flexibility index (Phi) is 8.62. The van der Waals surface area contributed by atoms with Crippen molar-refractivity contribution < 1.29 is 24.5 Å². The van der Waals surface area contributed by atoms with Crippen molar-refractivity contribution in [3.8, 4) is 33.5 Å². The molecule has 3 heteroatoms. The van der Waals surface area contributed by atoms with Gasteiger partial charge in [0.05, 0.1) is 0 Å². The Morgan fingerprint density at radius 2 is 1.34 bits per heavy atom. The monoisotopic (exact) mass is 593 g/mol. The number of pyridine rings is 1. The molecule has 0 fully saturated rings. The molecule has 1 heterocycles. The molecule has 5 aromatic rings. The van der Waals surface area contributed by atoms with Crippen LogP contribution in [0.15, 0.2) is 115 Å². The largest absolute Gasteiger partial charge is 3.00 e. The van der Waals surface area contributed by atoms with Crippen LogP contribution in [0.1, 0.15) is 0 Å². The molecule has 0 aliphatic carbocycles. The third kappa shape index (κ3) is 6.07. The first-order valence-electron chi connectivity index (χ1n) is 9.93. The molecule has 4 aromatic carbocycles. The van der Waals surface area contributed by atoms with E-state index in [4.69, 9.17) is 0 Å². The average Bonchev–Trinajstić information content (AvgIpc) is 2.86. The summed E-state index contributed by atoms with van der Waals surface area (Å²) in [7, 11) is 0. The molecular formula is C29H19FIrN. The zero-order valence-corrected chi connectivity index (χ0v) is 19.5. The molecule has 0 aliphatic heterocycles. The topological polar surface area (TPSA) is 12.9 Å². The summed E-state index contributed by atoms with van der Waals surface area (Å²) in [4.78, 5) is 4.04. The van der Waals surface area contributed by atoms with Gasteiger partial charge >= 0.3 is 20.1 Å². The summed E-state index contributed by atoms with van der Waals surface area (Å²) in [6.07, 6.45) is 1.63. The smallest absolute Gasteiger partial charge is 0.305 e. The number of rotatable bonds is 3. The second-order valence-electron chi connectivity index (χ2n) is 6.74. The summed E-state index contributed by atoms with van der Waals surface area (Å²) in [6, 6.07) is 44.0. The molecule has 0 atom stereocenters. The molecule has 0 saturated carbocycles. The summed E-state index contributed by atoms with van der Waals surface area (Å²) in [6.45, 7) is 0. The zero-order valence-electron chi connectivity index (χ0n) is 17.1. The Morgan fingerprint density at radius 1 is 0.594 bits per heavy atom. The van der Waals surface area contributed by atoms with Crippen molar-refractivity contribution in [1.29, 1.82) is 0 Å². The van der Waals surface area contributed by atoms with Crippen LogP contribution in [0.2, 0.25) is 0 Å². The fourth-order valence-electron chi connectivity index (χ4n) is 3.12. The fraction of sp³-hybridized carbons (Fsp3) is 0. The minimum absolute atomic E-state index is 0. The molecule has 0 aliphatic rings. The van der Waals surface area contributed by atoms with Crippen molar-refractivity contribution in [2.24, 2.45) is 0 Å². The Hall–Kier alpha value is -3.39. The molecule has 5 rings (SSSR count). The maximum atomic E-state index is 13.2. The second-order valence-corrected chi connectivity index (χ2v) is 6.74. The van der Waals surface area contributed by atoms with Crippen LogP contribution in [-0.2, 0) is 20.1 Å². The normalized spacial score (nSPS) is 9.78. The van der Waals surface area contributed by atoms with E-state index >= 15 is 0 Å². The quantitative estimate of drug-likeness (QED) is 0.200. The molecule has 32 heavy (non-hydrogen) atoms. The third-order valence-electron chi connectivity index (χ3n) is 4.63. The molecule has 0 spiro atoms. The van der Waals surface area contributed by atoms with Gasteiger partial charge in [0, 0.05) is 12.0 Å². The van der Waals surface area contributed by atoms with Crippen LogP contribution in [-0.4, -0.2) is 4.98 Å². The van der Waals surface area contributed by atoms with Crippen molar-refractivity contribution in [3.05, 3.63) is 139 Å². The van der Waals surface area contributed by atoms with Crippen LogP contribution in [0, 0.1) is 24.0 Å². The predicted molar refractivity (Wildman–Crippen MR) is 123 cm³/mol. The van der Waals surface area contributed by atoms with Gasteiger partial charge in [-0.3, -0.25) is 4.39 Å². The van der Waals surface area contributed by atoms with Crippen LogP contribution in [0.25, 0.3) is 33.5 Å². The molecule has 1 aromatic heterocycles. The molecule has 0 amide bonds. The summed E-state index contributed by atoms with van der Waals surface area (Å²) < 4.78 is 13.2. The number of aromatic nitrogens is 1. The van der Waals surface area contributed by atoms with Crippen LogP contribution < -0.4 is 0 Å². The van der Waals surface area contributed by atoms with Crippen molar-refractivity contribution in [2.75, 3.05) is 0 Å². The van der Waals surface area contributed by atoms with Gasteiger partial charge in [-0.15, -0.1) is 42.0 Å². The zero-order chi connectivity index (χ0) is 21.3. The summed E-state index contributed by atoms with van der Waals surface area (Å²) in [5.74, 6) is -0.291. The van der Waals surface area contributed by atoms with Gasteiger partial charge in [-0.1, -0.05) is 48.0 Å². The van der Waals surface area contributed by atoms with Crippen LogP contribution in [0.3, 0.4) is 0 Å². The van der Waals surface area contributed by atoms with E-state index in [2.05, 4.69) is 65.6 Å². The van der Waals surface area contributed by atoms with Gasteiger partial charge in [0.15, 0.2) is 0 Å². The van der Waals surface area contributed by atoms with Gasteiger partial charge in [0.1, 0.15) is 0 Å². The van der Waals surface area contributed by atoms with E-state index < -0.39 is 0 Å². The van der Waals surface area contributed by atoms with E-state index in [1.807, 2.05) is 36.4 Å². The Labute approximate surface area is 202 Å². The number of nitrogens with zero attached hydrogens (tertiary/aromatic N) is 1. The van der Waals surface area contributed by atoms with Gasteiger partial charge in [0.2, 0.25) is 0 Å². The van der Waals surface area contributed by atoms with Crippen molar-refractivity contribution in [3.63, 3.8) is 0 Å². The maximum absolute atomic E-state index is 13.2. The minimum Gasteiger partial charge on any atom is -0.305 e. The Balaban J connectivity index is 0.000000184. The first kappa shape index (κ1) is 23.3. The van der Waals surface area contributed by atoms with Gasteiger partial charge in [0.25, 0.3) is 0 Å². The molecule has 156 valence electrons. The van der Waals surface area contributed by atoms with Gasteiger partial charge in [-0.2, -0.15) is 42.5 Å². The van der Waals surface area contributed by atoms with Crippen molar-refractivity contribution in [2.45, 2.75) is 0 Å². The van der Waals surface area contributed by atoms with Crippen LogP contribution >= 0.6 is 0 Å². The van der Waals surface area contributed by atoms with E-state index in [0.717, 1.165) is 11.1 Å². The Morgan fingerprint density at radius 3 is 2.06 bits per heavy atom. The standard InChI is InChI=1S/C18H12.C11H7FN.Ir/c1-3-8-15(9-4-1)17-12-7-13-18(14-17)16-10-5-2-6-11-16;12-10-6-2-1-5-9(10)11-7-3-4-8-13-11;/h1-10,12,14H;1-4,6-8H;/q-2;-1;+3. The minimum atomic E-state index is -0.291. The predicted octanol–water partition coefficient (Wildman–Crippen LogP) is 7.31. The van der Waals surface area contributed by atoms with Gasteiger partial charge in [-0.25, -0.2) is 11.1 Å². The molecule has 0 N–H and O–H groups in total. The number of halogens is 1. The van der Waals surface area contributed by atoms with E-state index in [9.17, 15) is 4.39 Å². The first-order valence-corrected chi connectivity index (χ1v) is 9.93. The average molecular weight is 593 g/mol. The van der Waals surface area contributed by atoms with E-state index in [1.165, 1.54) is 17.2 Å². The SMILES string of the molecule is Fc1ccc[c-]c1-c1ccccn1.[Ir+3].[c-]1ccccc1-c1[c-]ccc(-c2ccccc2)c1. The number of hydrogen-bond donors (Lipinski definition) is 0. The molecule has 0 bridgehead atoms. The Bertz CT molecular complexity index is 1170. The summed E-state index contributed by atoms with van der Waals surface area (Å²) >= 11 is 0. The van der Waals surface area contributed by atoms with Crippen LogP contribution in [0.5, 0.6) is 0 Å². The van der Waals surface area contributed by atoms with Gasteiger partial charge < -0.3 is 4.98 Å². The van der Waals surface area contributed by atoms with E-state index in [-0.39, 0.29) is 25.9 Å². The van der Waals surface area contributed by atoms with E-state index in [1.54, 1.807) is 30.5 Å². The summed E-state index contributed by atoms with van der Waals surface area (Å²) in [5.41, 5.74) is 5.63. The molecule has 0 radical (unpaired) electrons. The fourth-order valence-corrected chi connectivity index (χ4v) is 3.12. The molecular weight excluding hydrogens is 574 g/mol. The van der Waals surface area contributed by atoms with Gasteiger partial charge in [-0.05, 0) is 17.3 Å². The maximum Gasteiger partial charge on any atom is 3.00 e. The number of hydrogen-bond acceptors (Lipinski definition) is 1. The number of benzene rings is 4. The van der Waals surface area contributed by atoms with Crippen molar-refractivity contribution in [1.82, 2.24) is 4.98 Å². The van der Waals surface area contributed by atoms with E-state index in [0.29, 0.717) is 11.3 Å². The van der Waals surface area contributed by atoms with Crippen LogP contribution in [0.4, 0.5) is 4.39 Å². The molecule has 1 nitrogen and oxygen atoms in total. The van der Waals surface area contributed by atoms with Crippen molar-refractivity contribution >= 4 is 0 Å². The summed E-state index contributed by atoms with van der Waals surface area (Å²) in [5, 5.41) is 0. The molecule has 0 saturated heterocycles. The first-order chi connectivity index (χ1) is 15.3.